The van der Waals surface area contributed by atoms with Crippen molar-refractivity contribution in [3.63, 3.8) is 0 Å². The number of hydrogen-bond donors (Lipinski definition) is 3. The Morgan fingerprint density at radius 1 is 1.53 bits per heavy atom. The first kappa shape index (κ1) is 13.4. The molecule has 0 aliphatic heterocycles. The summed E-state index contributed by atoms with van der Waals surface area (Å²) in [7, 11) is 0. The van der Waals surface area contributed by atoms with Gasteiger partial charge in [0.15, 0.2) is 0 Å². The molecule has 0 radical (unpaired) electrons. The highest BCUT2D eigenvalue weighted by Crippen LogP contribution is 2.16. The summed E-state index contributed by atoms with van der Waals surface area (Å²) >= 11 is 0. The Bertz CT molecular complexity index is 395. The first-order chi connectivity index (χ1) is 8.00. The van der Waals surface area contributed by atoms with Crippen molar-refractivity contribution in [2.24, 2.45) is 0 Å². The first-order valence-corrected chi connectivity index (χ1v) is 5.58. The fraction of sp³-hybridized carbons (Fsp3) is 0.500. The Morgan fingerprint density at radius 3 is 2.76 bits per heavy atom. The Morgan fingerprint density at radius 2 is 2.24 bits per heavy atom. The minimum absolute atomic E-state index is 0.0168. The first-order valence-electron chi connectivity index (χ1n) is 5.58. The smallest absolute Gasteiger partial charge is 0.253 e. The van der Waals surface area contributed by atoms with Crippen LogP contribution in [0.1, 0.15) is 37.0 Å². The van der Waals surface area contributed by atoms with Gasteiger partial charge in [-0.2, -0.15) is 0 Å². The molecule has 1 aromatic heterocycles. The van der Waals surface area contributed by atoms with Gasteiger partial charge in [0.25, 0.3) is 5.91 Å². The van der Waals surface area contributed by atoms with Crippen molar-refractivity contribution in [3.05, 3.63) is 24.0 Å². The number of nitrogens with one attached hydrogen (secondary N) is 1. The second-order valence-corrected chi connectivity index (χ2v) is 4.27. The number of hydrogen-bond acceptors (Lipinski definition) is 4. The summed E-state index contributed by atoms with van der Waals surface area (Å²) in [4.78, 5) is 15.6. The number of pyridine rings is 1. The molecule has 0 aromatic carbocycles. The maximum absolute atomic E-state index is 11.9. The van der Waals surface area contributed by atoms with E-state index in [9.17, 15) is 9.90 Å². The third-order valence-electron chi connectivity index (χ3n) is 2.85. The van der Waals surface area contributed by atoms with Crippen LogP contribution in [-0.2, 0) is 0 Å². The molecule has 1 rings (SSSR count). The van der Waals surface area contributed by atoms with E-state index < -0.39 is 5.54 Å². The fourth-order valence-corrected chi connectivity index (χ4v) is 1.47. The van der Waals surface area contributed by atoms with Crippen molar-refractivity contribution >= 4 is 5.91 Å². The molecule has 1 heterocycles. The third-order valence-corrected chi connectivity index (χ3v) is 2.85. The highest BCUT2D eigenvalue weighted by Gasteiger charge is 2.24. The molecule has 1 atom stereocenters. The molecule has 3 N–H and O–H groups in total. The zero-order valence-corrected chi connectivity index (χ0v) is 10.1. The number of rotatable bonds is 5. The second-order valence-electron chi connectivity index (χ2n) is 4.27. The van der Waals surface area contributed by atoms with Gasteiger partial charge in [0.05, 0.1) is 11.8 Å². The summed E-state index contributed by atoms with van der Waals surface area (Å²) in [5.74, 6) is -0.343. The molecular formula is C12H18N2O3. The van der Waals surface area contributed by atoms with Crippen molar-refractivity contribution in [2.75, 3.05) is 6.61 Å². The van der Waals surface area contributed by atoms with Crippen molar-refractivity contribution < 1.29 is 15.0 Å². The number of carbonyl (C=O) groups excluding carboxylic acids is 1. The number of nitrogens with zero attached hydrogens (tertiary/aromatic N) is 1. The molecule has 94 valence electrons. The Labute approximate surface area is 101 Å². The molecule has 0 bridgehead atoms. The minimum atomic E-state index is -0.447. The molecule has 0 fully saturated rings. The summed E-state index contributed by atoms with van der Waals surface area (Å²) < 4.78 is 0. The fourth-order valence-electron chi connectivity index (χ4n) is 1.47. The highest BCUT2D eigenvalue weighted by molar-refractivity contribution is 5.94. The van der Waals surface area contributed by atoms with Gasteiger partial charge in [-0.3, -0.25) is 9.78 Å². The van der Waals surface area contributed by atoms with Gasteiger partial charge < -0.3 is 15.5 Å². The lowest BCUT2D eigenvalue weighted by Crippen LogP contribution is -2.46. The summed E-state index contributed by atoms with van der Waals surface area (Å²) in [6.07, 6.45) is 3.86. The Kier molecular flexibility index (Phi) is 4.45. The van der Waals surface area contributed by atoms with Gasteiger partial charge in [-0.25, -0.2) is 0 Å². The monoisotopic (exact) mass is 238 g/mol. The summed E-state index contributed by atoms with van der Waals surface area (Å²) in [5.41, 5.74) is -0.139. The lowest BCUT2D eigenvalue weighted by molar-refractivity contribution is 0.0885. The van der Waals surface area contributed by atoms with E-state index in [0.717, 1.165) is 0 Å². The zero-order chi connectivity index (χ0) is 12.9. The summed E-state index contributed by atoms with van der Waals surface area (Å²) in [6, 6.07) is 1.36. The standard InChI is InChI=1S/C12H18N2O3/c1-3-12(2,4-5-15)14-11(17)9-6-10(16)8-13-7-9/h6-8,15-16H,3-5H2,1-2H3,(H,14,17). The van der Waals surface area contributed by atoms with Gasteiger partial charge >= 0.3 is 0 Å². The van der Waals surface area contributed by atoms with Gasteiger partial charge in [0, 0.05) is 18.3 Å². The van der Waals surface area contributed by atoms with Gasteiger partial charge in [-0.15, -0.1) is 0 Å². The average molecular weight is 238 g/mol. The molecule has 0 aliphatic rings. The largest absolute Gasteiger partial charge is 0.506 e. The average Bonchev–Trinajstić information content (AvgIpc) is 2.29. The van der Waals surface area contributed by atoms with E-state index in [-0.39, 0.29) is 18.3 Å². The highest BCUT2D eigenvalue weighted by atomic mass is 16.3. The summed E-state index contributed by atoms with van der Waals surface area (Å²) in [5, 5.41) is 21.0. The van der Waals surface area contributed by atoms with Crippen LogP contribution in [0.25, 0.3) is 0 Å². The number of amides is 1. The van der Waals surface area contributed by atoms with Crippen LogP contribution in [0.4, 0.5) is 0 Å². The van der Waals surface area contributed by atoms with E-state index in [1.165, 1.54) is 18.5 Å². The lowest BCUT2D eigenvalue weighted by atomic mass is 9.94. The second kappa shape index (κ2) is 5.63. The van der Waals surface area contributed by atoms with Crippen molar-refractivity contribution in [1.29, 1.82) is 0 Å². The third kappa shape index (κ3) is 3.71. The molecule has 1 amide bonds. The van der Waals surface area contributed by atoms with Crippen LogP contribution in [0.15, 0.2) is 18.5 Å². The topological polar surface area (TPSA) is 82.5 Å². The van der Waals surface area contributed by atoms with E-state index in [1.54, 1.807) is 0 Å². The number of aliphatic hydroxyl groups is 1. The predicted octanol–water partition coefficient (Wildman–Crippen LogP) is 1.07. The quantitative estimate of drug-likeness (QED) is 0.716. The Hall–Kier alpha value is -1.62. The van der Waals surface area contributed by atoms with Crippen LogP contribution in [0.3, 0.4) is 0 Å². The number of aromatic nitrogens is 1. The van der Waals surface area contributed by atoms with Crippen LogP contribution in [-0.4, -0.2) is 33.3 Å². The van der Waals surface area contributed by atoms with E-state index in [4.69, 9.17) is 5.11 Å². The molecule has 17 heavy (non-hydrogen) atoms. The van der Waals surface area contributed by atoms with E-state index >= 15 is 0 Å². The van der Waals surface area contributed by atoms with E-state index in [0.29, 0.717) is 18.4 Å². The van der Waals surface area contributed by atoms with Crippen LogP contribution >= 0.6 is 0 Å². The molecule has 5 nitrogen and oxygen atoms in total. The van der Waals surface area contributed by atoms with Crippen LogP contribution in [0.2, 0.25) is 0 Å². The number of aromatic hydroxyl groups is 1. The summed E-state index contributed by atoms with van der Waals surface area (Å²) in [6.45, 7) is 3.83. The predicted molar refractivity (Wildman–Crippen MR) is 63.8 cm³/mol. The molecular weight excluding hydrogens is 220 g/mol. The molecule has 0 spiro atoms. The van der Waals surface area contributed by atoms with Crippen molar-refractivity contribution in [2.45, 2.75) is 32.2 Å². The van der Waals surface area contributed by atoms with E-state index in [2.05, 4.69) is 10.3 Å². The SMILES string of the molecule is CCC(C)(CCO)NC(=O)c1cncc(O)c1. The van der Waals surface area contributed by atoms with Crippen LogP contribution in [0, 0.1) is 0 Å². The minimum Gasteiger partial charge on any atom is -0.506 e. The zero-order valence-electron chi connectivity index (χ0n) is 10.1. The molecule has 1 unspecified atom stereocenters. The molecule has 1 aromatic rings. The lowest BCUT2D eigenvalue weighted by Gasteiger charge is -2.28. The van der Waals surface area contributed by atoms with Gasteiger partial charge in [0.2, 0.25) is 0 Å². The maximum Gasteiger partial charge on any atom is 0.253 e. The van der Waals surface area contributed by atoms with Gasteiger partial charge in [-0.05, 0) is 25.8 Å². The Balaban J connectivity index is 2.77. The van der Waals surface area contributed by atoms with E-state index in [1.807, 2.05) is 13.8 Å². The van der Waals surface area contributed by atoms with Crippen molar-refractivity contribution in [1.82, 2.24) is 10.3 Å². The van der Waals surface area contributed by atoms with Crippen LogP contribution in [0.5, 0.6) is 5.75 Å². The normalized spacial score (nSPS) is 14.1. The molecule has 0 saturated carbocycles. The molecule has 5 heteroatoms. The van der Waals surface area contributed by atoms with Crippen LogP contribution < -0.4 is 5.32 Å². The molecule has 0 aliphatic carbocycles. The van der Waals surface area contributed by atoms with Gasteiger partial charge in [0.1, 0.15) is 5.75 Å². The van der Waals surface area contributed by atoms with Crippen molar-refractivity contribution in [3.8, 4) is 5.75 Å². The van der Waals surface area contributed by atoms with Gasteiger partial charge in [-0.1, -0.05) is 6.92 Å². The molecule has 0 saturated heterocycles. The number of carbonyl (C=O) groups is 1. The number of aliphatic hydroxyl groups excluding tert-OH is 1. The maximum atomic E-state index is 11.9.